The summed E-state index contributed by atoms with van der Waals surface area (Å²) in [7, 11) is 1.39. The molecule has 3 rings (SSSR count). The van der Waals surface area contributed by atoms with E-state index in [4.69, 9.17) is 4.74 Å². The van der Waals surface area contributed by atoms with E-state index < -0.39 is 5.82 Å². The van der Waals surface area contributed by atoms with Crippen LogP contribution in [0.25, 0.3) is 0 Å². The third-order valence-electron chi connectivity index (χ3n) is 4.14. The summed E-state index contributed by atoms with van der Waals surface area (Å²) in [6.07, 6.45) is 3.87. The molecule has 1 amide bonds. The van der Waals surface area contributed by atoms with Crippen LogP contribution in [0.3, 0.4) is 0 Å². The number of nitrogens with zero attached hydrogens (tertiary/aromatic N) is 1. The zero-order valence-electron chi connectivity index (χ0n) is 13.2. The van der Waals surface area contributed by atoms with Crippen molar-refractivity contribution in [3.63, 3.8) is 0 Å². The van der Waals surface area contributed by atoms with E-state index in [1.807, 2.05) is 19.1 Å². The second kappa shape index (κ2) is 6.36. The number of rotatable bonds is 5. The lowest BCUT2D eigenvalue weighted by atomic mass is 10.0. The van der Waals surface area contributed by atoms with Gasteiger partial charge >= 0.3 is 0 Å². The smallest absolute Gasteiger partial charge is 0.251 e. The second-order valence-electron chi connectivity index (χ2n) is 5.84. The third kappa shape index (κ3) is 3.33. The molecule has 0 bridgehead atoms. The van der Waals surface area contributed by atoms with Gasteiger partial charge in [0, 0.05) is 11.8 Å². The van der Waals surface area contributed by atoms with Crippen molar-refractivity contribution in [2.75, 3.05) is 7.11 Å². The zero-order chi connectivity index (χ0) is 16.4. The molecule has 1 aliphatic rings. The Labute approximate surface area is 134 Å². The first-order valence-corrected chi connectivity index (χ1v) is 7.66. The highest BCUT2D eigenvalue weighted by molar-refractivity contribution is 5.94. The van der Waals surface area contributed by atoms with E-state index in [1.165, 1.54) is 19.2 Å². The maximum Gasteiger partial charge on any atom is 0.251 e. The molecule has 4 nitrogen and oxygen atoms in total. The number of aromatic nitrogens is 1. The van der Waals surface area contributed by atoms with Crippen LogP contribution in [0, 0.1) is 18.7 Å². The Morgan fingerprint density at radius 3 is 2.78 bits per heavy atom. The molecule has 1 fully saturated rings. The van der Waals surface area contributed by atoms with E-state index in [0.29, 0.717) is 5.92 Å². The molecule has 0 spiro atoms. The summed E-state index contributed by atoms with van der Waals surface area (Å²) in [5.74, 6) is -0.317. The number of halogens is 1. The average Bonchev–Trinajstić information content (AvgIpc) is 3.38. The van der Waals surface area contributed by atoms with E-state index in [-0.39, 0.29) is 23.3 Å². The van der Waals surface area contributed by atoms with E-state index in [1.54, 1.807) is 12.3 Å². The molecule has 0 radical (unpaired) electrons. The van der Waals surface area contributed by atoms with Crippen LogP contribution in [0.1, 0.15) is 40.5 Å². The summed E-state index contributed by atoms with van der Waals surface area (Å²) in [6, 6.07) is 7.95. The third-order valence-corrected chi connectivity index (χ3v) is 4.14. The number of carbonyl (C=O) groups is 1. The van der Waals surface area contributed by atoms with Crippen molar-refractivity contribution in [3.8, 4) is 5.75 Å². The first-order chi connectivity index (χ1) is 11.1. The van der Waals surface area contributed by atoms with Crippen LogP contribution in [0.5, 0.6) is 5.75 Å². The molecule has 2 aromatic rings. The summed E-state index contributed by atoms with van der Waals surface area (Å²) in [6.45, 7) is 1.98. The van der Waals surface area contributed by atoms with Crippen LogP contribution in [-0.4, -0.2) is 18.0 Å². The zero-order valence-corrected chi connectivity index (χ0v) is 13.2. The molecule has 1 heterocycles. The monoisotopic (exact) mass is 314 g/mol. The Balaban J connectivity index is 1.82. The van der Waals surface area contributed by atoms with Crippen LogP contribution in [0.15, 0.2) is 36.5 Å². The molecule has 1 atom stereocenters. The van der Waals surface area contributed by atoms with Gasteiger partial charge in [-0.2, -0.15) is 0 Å². The van der Waals surface area contributed by atoms with Gasteiger partial charge in [0.05, 0.1) is 18.8 Å². The summed E-state index contributed by atoms with van der Waals surface area (Å²) in [4.78, 5) is 16.9. The molecule has 5 heteroatoms. The minimum Gasteiger partial charge on any atom is -0.494 e. The van der Waals surface area contributed by atoms with E-state index >= 15 is 0 Å². The van der Waals surface area contributed by atoms with Gasteiger partial charge in [-0.1, -0.05) is 6.07 Å². The standard InChI is InChI=1S/C18H19FN2O2/c1-11-4-3-9-20-16(11)17(12-5-6-12)21-18(22)13-7-8-15(23-2)14(19)10-13/h3-4,7-10,12,17H,5-6H2,1-2H3,(H,21,22)/t17-/m0/s1. The number of hydrogen-bond acceptors (Lipinski definition) is 3. The van der Waals surface area contributed by atoms with E-state index in [9.17, 15) is 9.18 Å². The van der Waals surface area contributed by atoms with Crippen LogP contribution in [-0.2, 0) is 0 Å². The highest BCUT2D eigenvalue weighted by Gasteiger charge is 2.35. The van der Waals surface area contributed by atoms with Gasteiger partial charge in [-0.05, 0) is 55.5 Å². The number of carbonyl (C=O) groups excluding carboxylic acids is 1. The maximum absolute atomic E-state index is 13.8. The molecule has 1 aromatic carbocycles. The molecule has 0 unspecified atom stereocenters. The highest BCUT2D eigenvalue weighted by atomic mass is 19.1. The minimum absolute atomic E-state index is 0.126. The molecule has 1 aliphatic carbocycles. The lowest BCUT2D eigenvalue weighted by molar-refractivity contribution is 0.0930. The van der Waals surface area contributed by atoms with Crippen LogP contribution >= 0.6 is 0 Å². The molecular formula is C18H19FN2O2. The Morgan fingerprint density at radius 2 is 2.17 bits per heavy atom. The molecular weight excluding hydrogens is 295 g/mol. The van der Waals surface area contributed by atoms with E-state index in [2.05, 4.69) is 10.3 Å². The number of aryl methyl sites for hydroxylation is 1. The maximum atomic E-state index is 13.8. The predicted octanol–water partition coefficient (Wildman–Crippen LogP) is 3.42. The number of hydrogen-bond donors (Lipinski definition) is 1. The fourth-order valence-electron chi connectivity index (χ4n) is 2.69. The van der Waals surface area contributed by atoms with Gasteiger partial charge in [0.25, 0.3) is 5.91 Å². The van der Waals surface area contributed by atoms with Gasteiger partial charge in [0.1, 0.15) is 0 Å². The molecule has 1 aromatic heterocycles. The van der Waals surface area contributed by atoms with Crippen molar-refractivity contribution in [2.45, 2.75) is 25.8 Å². The number of pyridine rings is 1. The van der Waals surface area contributed by atoms with Gasteiger partial charge in [-0.25, -0.2) is 4.39 Å². The molecule has 1 N–H and O–H groups in total. The fraction of sp³-hybridized carbons (Fsp3) is 0.333. The van der Waals surface area contributed by atoms with Crippen molar-refractivity contribution >= 4 is 5.91 Å². The SMILES string of the molecule is COc1ccc(C(=O)N[C@H](c2ncccc2C)C2CC2)cc1F. The van der Waals surface area contributed by atoms with Crippen molar-refractivity contribution in [3.05, 3.63) is 59.2 Å². The Morgan fingerprint density at radius 1 is 1.39 bits per heavy atom. The first kappa shape index (κ1) is 15.5. The lowest BCUT2D eigenvalue weighted by Gasteiger charge is -2.19. The number of ether oxygens (including phenoxy) is 1. The van der Waals surface area contributed by atoms with Crippen molar-refractivity contribution in [1.82, 2.24) is 10.3 Å². The fourth-order valence-corrected chi connectivity index (χ4v) is 2.69. The molecule has 120 valence electrons. The van der Waals surface area contributed by atoms with Crippen LogP contribution in [0.2, 0.25) is 0 Å². The lowest BCUT2D eigenvalue weighted by Crippen LogP contribution is -2.31. The number of benzene rings is 1. The molecule has 1 saturated carbocycles. The molecule has 23 heavy (non-hydrogen) atoms. The summed E-state index contributed by atoms with van der Waals surface area (Å²) in [5, 5.41) is 3.01. The quantitative estimate of drug-likeness (QED) is 0.920. The summed E-state index contributed by atoms with van der Waals surface area (Å²) < 4.78 is 18.7. The normalized spacial score (nSPS) is 15.1. The van der Waals surface area contributed by atoms with Gasteiger partial charge in [0.15, 0.2) is 11.6 Å². The largest absolute Gasteiger partial charge is 0.494 e. The first-order valence-electron chi connectivity index (χ1n) is 7.66. The van der Waals surface area contributed by atoms with Gasteiger partial charge in [-0.3, -0.25) is 9.78 Å². The summed E-state index contributed by atoms with van der Waals surface area (Å²) in [5.41, 5.74) is 2.21. The summed E-state index contributed by atoms with van der Waals surface area (Å²) >= 11 is 0. The van der Waals surface area contributed by atoms with Crippen molar-refractivity contribution in [2.24, 2.45) is 5.92 Å². The van der Waals surface area contributed by atoms with Crippen LogP contribution < -0.4 is 10.1 Å². The van der Waals surface area contributed by atoms with Crippen LogP contribution in [0.4, 0.5) is 4.39 Å². The number of methoxy groups -OCH3 is 1. The van der Waals surface area contributed by atoms with Gasteiger partial charge in [-0.15, -0.1) is 0 Å². The van der Waals surface area contributed by atoms with Gasteiger partial charge in [0.2, 0.25) is 0 Å². The topological polar surface area (TPSA) is 51.2 Å². The highest BCUT2D eigenvalue weighted by Crippen LogP contribution is 2.41. The Kier molecular flexibility index (Phi) is 4.28. The Bertz CT molecular complexity index is 729. The van der Waals surface area contributed by atoms with Crippen molar-refractivity contribution in [1.29, 1.82) is 0 Å². The Hall–Kier alpha value is -2.43. The number of nitrogens with one attached hydrogen (secondary N) is 1. The average molecular weight is 314 g/mol. The molecule has 0 aliphatic heterocycles. The van der Waals surface area contributed by atoms with E-state index in [0.717, 1.165) is 24.1 Å². The predicted molar refractivity (Wildman–Crippen MR) is 84.9 cm³/mol. The minimum atomic E-state index is -0.544. The van der Waals surface area contributed by atoms with Crippen molar-refractivity contribution < 1.29 is 13.9 Å². The second-order valence-corrected chi connectivity index (χ2v) is 5.84. The number of amides is 1. The molecule has 0 saturated heterocycles. The van der Waals surface area contributed by atoms with Gasteiger partial charge < -0.3 is 10.1 Å².